The van der Waals surface area contributed by atoms with E-state index < -0.39 is 0 Å². The summed E-state index contributed by atoms with van der Waals surface area (Å²) in [4.78, 5) is 21.0. The van der Waals surface area contributed by atoms with Crippen molar-refractivity contribution < 1.29 is 9.53 Å². The van der Waals surface area contributed by atoms with E-state index in [1.54, 1.807) is 25.3 Å². The molecule has 0 atom stereocenters. The van der Waals surface area contributed by atoms with Gasteiger partial charge in [0, 0.05) is 23.3 Å². The zero-order valence-corrected chi connectivity index (χ0v) is 15.6. The quantitative estimate of drug-likeness (QED) is 0.566. The highest BCUT2D eigenvalue weighted by Crippen LogP contribution is 2.35. The number of amides is 1. The van der Waals surface area contributed by atoms with Crippen LogP contribution in [0.4, 0.5) is 5.82 Å². The summed E-state index contributed by atoms with van der Waals surface area (Å²) in [7, 11) is 1.56. The zero-order chi connectivity index (χ0) is 20.2. The number of benzene rings is 2. The van der Waals surface area contributed by atoms with Gasteiger partial charge in [0.15, 0.2) is 5.82 Å². The molecule has 0 saturated heterocycles. The first-order valence-corrected chi connectivity index (χ1v) is 8.90. The smallest absolute Gasteiger partial charge is 0.256 e. The molecule has 0 radical (unpaired) electrons. The number of carbonyl (C=O) groups is 1. The molecule has 0 spiro atoms. The number of nitrogens with one attached hydrogen (secondary N) is 1. The first kappa shape index (κ1) is 18.1. The predicted octanol–water partition coefficient (Wildman–Crippen LogP) is 4.43. The van der Waals surface area contributed by atoms with Crippen LogP contribution >= 0.6 is 0 Å². The number of hydrogen-bond acceptors (Lipinski definition) is 5. The Kier molecular flexibility index (Phi) is 4.87. The number of pyridine rings is 2. The lowest BCUT2D eigenvalue weighted by Crippen LogP contribution is -2.14. The molecular weight excluding hydrogens is 364 g/mol. The largest absolute Gasteiger partial charge is 0.494 e. The lowest BCUT2D eigenvalue weighted by Gasteiger charge is -2.13. The third-order valence-electron chi connectivity index (χ3n) is 4.55. The van der Waals surface area contributed by atoms with Crippen LogP contribution in [0.25, 0.3) is 22.0 Å². The average molecular weight is 380 g/mol. The van der Waals surface area contributed by atoms with Crippen LogP contribution in [-0.2, 0) is 0 Å². The molecule has 2 aromatic heterocycles. The van der Waals surface area contributed by atoms with E-state index in [1.165, 1.54) is 12.4 Å². The summed E-state index contributed by atoms with van der Waals surface area (Å²) in [5.74, 6) is 0.378. The van der Waals surface area contributed by atoms with E-state index in [0.29, 0.717) is 16.8 Å². The van der Waals surface area contributed by atoms with Gasteiger partial charge in [0.1, 0.15) is 17.3 Å². The van der Waals surface area contributed by atoms with Crippen molar-refractivity contribution in [1.82, 2.24) is 9.97 Å². The highest BCUT2D eigenvalue weighted by molar-refractivity contribution is 6.06. The van der Waals surface area contributed by atoms with Gasteiger partial charge in [-0.3, -0.25) is 9.78 Å². The van der Waals surface area contributed by atoms with Crippen LogP contribution in [0.2, 0.25) is 0 Å². The fourth-order valence-corrected chi connectivity index (χ4v) is 3.13. The van der Waals surface area contributed by atoms with Gasteiger partial charge in [-0.05, 0) is 41.5 Å². The Balaban J connectivity index is 1.87. The Bertz CT molecular complexity index is 1230. The molecule has 1 N–H and O–H groups in total. The maximum atomic E-state index is 12.5. The maximum absolute atomic E-state index is 12.5. The molecule has 6 nitrogen and oxygen atoms in total. The van der Waals surface area contributed by atoms with Gasteiger partial charge in [-0.2, -0.15) is 5.26 Å². The van der Waals surface area contributed by atoms with Crippen LogP contribution in [0.1, 0.15) is 15.9 Å². The number of fused-ring (bicyclic) bond motifs is 1. The van der Waals surface area contributed by atoms with Crippen LogP contribution in [0.3, 0.4) is 0 Å². The van der Waals surface area contributed by atoms with Gasteiger partial charge in [-0.15, -0.1) is 0 Å². The lowest BCUT2D eigenvalue weighted by atomic mass is 9.99. The van der Waals surface area contributed by atoms with Crippen molar-refractivity contribution in [1.29, 1.82) is 5.26 Å². The van der Waals surface area contributed by atoms with Gasteiger partial charge in [-0.25, -0.2) is 4.98 Å². The summed E-state index contributed by atoms with van der Waals surface area (Å²) in [5.41, 5.74) is 3.19. The number of carbonyl (C=O) groups excluding carboxylic acids is 1. The number of rotatable bonds is 4. The lowest BCUT2D eigenvalue weighted by molar-refractivity contribution is 0.102. The van der Waals surface area contributed by atoms with Crippen molar-refractivity contribution in [2.24, 2.45) is 0 Å². The number of aromatic nitrogens is 2. The molecule has 6 heteroatoms. The number of nitriles is 1. The molecule has 0 fully saturated rings. The second-order valence-electron chi connectivity index (χ2n) is 6.26. The van der Waals surface area contributed by atoms with Crippen molar-refractivity contribution in [2.45, 2.75) is 0 Å². The normalized spacial score (nSPS) is 10.3. The van der Waals surface area contributed by atoms with Crippen LogP contribution < -0.4 is 10.1 Å². The molecule has 1 amide bonds. The molecule has 0 unspecified atom stereocenters. The van der Waals surface area contributed by atoms with E-state index in [4.69, 9.17) is 4.74 Å². The second kappa shape index (κ2) is 7.79. The molecule has 140 valence electrons. The Morgan fingerprint density at radius 3 is 2.52 bits per heavy atom. The van der Waals surface area contributed by atoms with Gasteiger partial charge < -0.3 is 10.1 Å². The van der Waals surface area contributed by atoms with Crippen LogP contribution in [0.5, 0.6) is 5.75 Å². The third-order valence-corrected chi connectivity index (χ3v) is 4.55. The molecule has 4 aromatic rings. The van der Waals surface area contributed by atoms with Crippen molar-refractivity contribution in [3.8, 4) is 22.9 Å². The minimum Gasteiger partial charge on any atom is -0.494 e. The van der Waals surface area contributed by atoms with Gasteiger partial charge in [0.25, 0.3) is 5.91 Å². The van der Waals surface area contributed by atoms with Crippen molar-refractivity contribution in [2.75, 3.05) is 12.4 Å². The number of methoxy groups -OCH3 is 1. The topological polar surface area (TPSA) is 87.9 Å². The SMILES string of the molecule is COc1ccc(-c2ccccc2)c2cc(C#N)c(NC(=O)c3ccncc3)nc12. The van der Waals surface area contributed by atoms with Gasteiger partial charge in [0.05, 0.1) is 12.7 Å². The molecule has 2 aromatic carbocycles. The molecule has 0 aliphatic heterocycles. The first-order chi connectivity index (χ1) is 14.2. The fourth-order valence-electron chi connectivity index (χ4n) is 3.13. The Morgan fingerprint density at radius 2 is 1.83 bits per heavy atom. The summed E-state index contributed by atoms with van der Waals surface area (Å²) in [6, 6.07) is 20.7. The molecule has 0 aliphatic carbocycles. The van der Waals surface area contributed by atoms with E-state index in [1.807, 2.05) is 42.5 Å². The number of ether oxygens (including phenoxy) is 1. The molecule has 4 rings (SSSR count). The summed E-state index contributed by atoms with van der Waals surface area (Å²) < 4.78 is 5.47. The highest BCUT2D eigenvalue weighted by atomic mass is 16.5. The van der Waals surface area contributed by atoms with E-state index >= 15 is 0 Å². The van der Waals surface area contributed by atoms with Crippen molar-refractivity contribution in [3.63, 3.8) is 0 Å². The number of anilines is 1. The Labute approximate surface area is 167 Å². The molecule has 29 heavy (non-hydrogen) atoms. The van der Waals surface area contributed by atoms with Gasteiger partial charge >= 0.3 is 0 Å². The number of nitrogens with zero attached hydrogens (tertiary/aromatic N) is 3. The highest BCUT2D eigenvalue weighted by Gasteiger charge is 2.16. The standard InChI is InChI=1S/C23H16N4O2/c1-29-20-8-7-18(15-5-3-2-4-6-15)19-13-17(14-24)22(26-21(19)20)27-23(28)16-9-11-25-12-10-16/h2-13H,1H3,(H,26,27,28). The summed E-state index contributed by atoms with van der Waals surface area (Å²) in [6.45, 7) is 0. The fraction of sp³-hybridized carbons (Fsp3) is 0.0435. The summed E-state index contributed by atoms with van der Waals surface area (Å²) in [6.07, 6.45) is 3.06. The maximum Gasteiger partial charge on any atom is 0.256 e. The Morgan fingerprint density at radius 1 is 1.07 bits per heavy atom. The van der Waals surface area contributed by atoms with Crippen LogP contribution in [0.15, 0.2) is 73.1 Å². The van der Waals surface area contributed by atoms with Crippen molar-refractivity contribution >= 4 is 22.6 Å². The molecule has 2 heterocycles. The summed E-state index contributed by atoms with van der Waals surface area (Å²) in [5, 5.41) is 13.2. The zero-order valence-electron chi connectivity index (χ0n) is 15.6. The molecule has 0 bridgehead atoms. The predicted molar refractivity (Wildman–Crippen MR) is 111 cm³/mol. The van der Waals surface area contributed by atoms with E-state index in [0.717, 1.165) is 16.5 Å². The Hall–Kier alpha value is -4.24. The minimum atomic E-state index is -0.367. The number of hydrogen-bond donors (Lipinski definition) is 1. The summed E-state index contributed by atoms with van der Waals surface area (Å²) >= 11 is 0. The minimum absolute atomic E-state index is 0.185. The second-order valence-corrected chi connectivity index (χ2v) is 6.26. The molecular formula is C23H16N4O2. The van der Waals surface area contributed by atoms with E-state index in [-0.39, 0.29) is 17.3 Å². The third kappa shape index (κ3) is 3.49. The van der Waals surface area contributed by atoms with Gasteiger partial charge in [-0.1, -0.05) is 30.3 Å². The van der Waals surface area contributed by atoms with Crippen molar-refractivity contribution in [3.05, 3.63) is 84.2 Å². The van der Waals surface area contributed by atoms with Crippen LogP contribution in [-0.4, -0.2) is 23.0 Å². The van der Waals surface area contributed by atoms with E-state index in [2.05, 4.69) is 21.4 Å². The van der Waals surface area contributed by atoms with E-state index in [9.17, 15) is 10.1 Å². The monoisotopic (exact) mass is 380 g/mol. The first-order valence-electron chi connectivity index (χ1n) is 8.90. The molecule has 0 saturated carbocycles. The van der Waals surface area contributed by atoms with Crippen LogP contribution in [0, 0.1) is 11.3 Å². The average Bonchev–Trinajstić information content (AvgIpc) is 2.79. The van der Waals surface area contributed by atoms with Gasteiger partial charge in [0.2, 0.25) is 0 Å². The molecule has 0 aliphatic rings.